The molecule has 0 N–H and O–H groups in total. The number of esters is 3. The molecule has 0 radical (unpaired) electrons. The van der Waals surface area contributed by atoms with Crippen molar-refractivity contribution in [2.45, 2.75) is 162 Å². The smallest absolute Gasteiger partial charge is 0.350 e. The lowest BCUT2D eigenvalue weighted by Gasteiger charge is -2.37. The number of carbonyl (C=O) groups is 3. The summed E-state index contributed by atoms with van der Waals surface area (Å²) in [6, 6.07) is 0. The molecule has 0 aromatic carbocycles. The highest BCUT2D eigenvalue weighted by atomic mass is 16.6. The Kier molecular flexibility index (Phi) is 20.6. The number of carbonyl (C=O) groups excluding carboxylic acids is 3. The predicted octanol–water partition coefficient (Wildman–Crippen LogP) is 9.28. The number of unbranched alkanes of at least 4 members (excludes halogenated alkanes) is 6. The van der Waals surface area contributed by atoms with Gasteiger partial charge < -0.3 is 14.2 Å². The van der Waals surface area contributed by atoms with E-state index in [0.29, 0.717) is 32.5 Å². The van der Waals surface area contributed by atoms with E-state index in [-0.39, 0.29) is 12.4 Å². The maximum atomic E-state index is 13.2. The largest absolute Gasteiger partial charge is 0.465 e. The van der Waals surface area contributed by atoms with Crippen LogP contribution in [-0.4, -0.2) is 36.7 Å². The lowest BCUT2D eigenvalue weighted by Crippen LogP contribution is -2.49. The second kappa shape index (κ2) is 22.7. The Morgan fingerprint density at radius 1 is 0.780 bits per heavy atom. The molecule has 1 aliphatic rings. The van der Waals surface area contributed by atoms with Gasteiger partial charge in [0, 0.05) is 12.5 Å². The Balaban J connectivity index is 2.51. The maximum absolute atomic E-state index is 13.2. The first-order valence-electron chi connectivity index (χ1n) is 17.0. The van der Waals surface area contributed by atoms with E-state index in [9.17, 15) is 14.4 Å². The monoisotopic (exact) mass is 578 g/mol. The van der Waals surface area contributed by atoms with E-state index in [1.165, 1.54) is 64.2 Å². The lowest BCUT2D eigenvalue weighted by atomic mass is 9.77. The van der Waals surface area contributed by atoms with Gasteiger partial charge in [0.1, 0.15) is 0 Å². The standard InChI is InChI=1S/C35H62O6/c1-6-11-20-29(8-3)22-15-13-17-26-39-33(37)31-24-19-25-35(28-31,41-32(36)10-5)34(38)40-27-18-14-16-23-30(9-4)21-12-7-2/h10,29-31H,5-9,11-28H2,1-4H3. The molecule has 0 bridgehead atoms. The van der Waals surface area contributed by atoms with Crippen LogP contribution in [0.4, 0.5) is 0 Å². The van der Waals surface area contributed by atoms with Crippen molar-refractivity contribution in [3.8, 4) is 0 Å². The van der Waals surface area contributed by atoms with Crippen LogP contribution in [0.3, 0.4) is 0 Å². The molecule has 0 amide bonds. The van der Waals surface area contributed by atoms with Crippen molar-refractivity contribution in [2.75, 3.05) is 13.2 Å². The first kappa shape index (κ1) is 37.2. The Hall–Kier alpha value is -1.85. The fourth-order valence-electron chi connectivity index (χ4n) is 6.09. The lowest BCUT2D eigenvalue weighted by molar-refractivity contribution is -0.188. The van der Waals surface area contributed by atoms with Crippen molar-refractivity contribution in [3.63, 3.8) is 0 Å². The molecule has 1 aliphatic carbocycles. The Morgan fingerprint density at radius 2 is 1.32 bits per heavy atom. The molecule has 41 heavy (non-hydrogen) atoms. The summed E-state index contributed by atoms with van der Waals surface area (Å²) in [7, 11) is 0. The van der Waals surface area contributed by atoms with Crippen LogP contribution in [-0.2, 0) is 28.6 Å². The van der Waals surface area contributed by atoms with E-state index >= 15 is 0 Å². The summed E-state index contributed by atoms with van der Waals surface area (Å²) in [5.74, 6) is -0.427. The van der Waals surface area contributed by atoms with Crippen molar-refractivity contribution in [1.29, 1.82) is 0 Å². The fourth-order valence-corrected chi connectivity index (χ4v) is 6.09. The van der Waals surface area contributed by atoms with E-state index in [4.69, 9.17) is 14.2 Å². The van der Waals surface area contributed by atoms with Gasteiger partial charge in [0.05, 0.1) is 19.1 Å². The second-order valence-corrected chi connectivity index (χ2v) is 12.2. The van der Waals surface area contributed by atoms with E-state index in [1.54, 1.807) is 0 Å². The SMILES string of the molecule is C=CC(=O)OC1(C(=O)OCCCCCC(CC)CCCC)CCCC(C(=O)OCCCCCC(CC)CCCC)C1. The van der Waals surface area contributed by atoms with Gasteiger partial charge in [-0.15, -0.1) is 0 Å². The van der Waals surface area contributed by atoms with Gasteiger partial charge in [0.15, 0.2) is 0 Å². The molecule has 238 valence electrons. The van der Waals surface area contributed by atoms with Crippen molar-refractivity contribution in [1.82, 2.24) is 0 Å². The van der Waals surface area contributed by atoms with Crippen molar-refractivity contribution < 1.29 is 28.6 Å². The first-order valence-corrected chi connectivity index (χ1v) is 17.0. The maximum Gasteiger partial charge on any atom is 0.350 e. The second-order valence-electron chi connectivity index (χ2n) is 12.2. The molecular formula is C35H62O6. The molecule has 0 saturated heterocycles. The van der Waals surface area contributed by atoms with Gasteiger partial charge in [-0.05, 0) is 43.9 Å². The number of rotatable bonds is 24. The molecule has 0 aromatic rings. The van der Waals surface area contributed by atoms with Crippen LogP contribution in [0.15, 0.2) is 12.7 Å². The molecule has 1 fully saturated rings. The minimum atomic E-state index is -1.45. The van der Waals surface area contributed by atoms with Crippen molar-refractivity contribution in [3.05, 3.63) is 12.7 Å². The molecule has 4 atom stereocenters. The van der Waals surface area contributed by atoms with E-state index < -0.39 is 23.5 Å². The predicted molar refractivity (Wildman–Crippen MR) is 166 cm³/mol. The van der Waals surface area contributed by atoms with Gasteiger partial charge in [-0.2, -0.15) is 0 Å². The van der Waals surface area contributed by atoms with Gasteiger partial charge in [0.25, 0.3) is 0 Å². The summed E-state index contributed by atoms with van der Waals surface area (Å²) in [6.07, 6.45) is 21.3. The van der Waals surface area contributed by atoms with E-state index in [0.717, 1.165) is 56.4 Å². The summed E-state index contributed by atoms with van der Waals surface area (Å²) in [6.45, 7) is 13.2. The van der Waals surface area contributed by atoms with Gasteiger partial charge in [-0.1, -0.05) is 124 Å². The topological polar surface area (TPSA) is 78.9 Å². The Labute approximate surface area is 251 Å². The van der Waals surface area contributed by atoms with Crippen LogP contribution in [0.5, 0.6) is 0 Å². The number of hydrogen-bond acceptors (Lipinski definition) is 6. The normalized spacial score (nSPS) is 20.1. The summed E-state index contributed by atoms with van der Waals surface area (Å²) >= 11 is 0. The van der Waals surface area contributed by atoms with Crippen LogP contribution in [0.2, 0.25) is 0 Å². The zero-order valence-electron chi connectivity index (χ0n) is 27.0. The summed E-state index contributed by atoms with van der Waals surface area (Å²) in [5.41, 5.74) is -1.45. The third-order valence-electron chi connectivity index (χ3n) is 8.95. The summed E-state index contributed by atoms with van der Waals surface area (Å²) < 4.78 is 16.9. The molecule has 6 heteroatoms. The molecule has 1 saturated carbocycles. The Morgan fingerprint density at radius 3 is 1.83 bits per heavy atom. The molecule has 4 unspecified atom stereocenters. The van der Waals surface area contributed by atoms with E-state index in [1.807, 2.05) is 0 Å². The minimum Gasteiger partial charge on any atom is -0.465 e. The highest BCUT2D eigenvalue weighted by Gasteiger charge is 2.49. The van der Waals surface area contributed by atoms with Crippen molar-refractivity contribution in [2.24, 2.45) is 17.8 Å². The minimum absolute atomic E-state index is 0.107. The quantitative estimate of drug-likeness (QED) is 0.0491. The molecule has 6 nitrogen and oxygen atoms in total. The van der Waals surface area contributed by atoms with Gasteiger partial charge in [-0.3, -0.25) is 4.79 Å². The summed E-state index contributed by atoms with van der Waals surface area (Å²) in [4.78, 5) is 38.3. The van der Waals surface area contributed by atoms with E-state index in [2.05, 4.69) is 34.3 Å². The molecule has 0 aliphatic heterocycles. The van der Waals surface area contributed by atoms with Crippen LogP contribution in [0, 0.1) is 17.8 Å². The van der Waals surface area contributed by atoms with Crippen molar-refractivity contribution >= 4 is 17.9 Å². The zero-order valence-corrected chi connectivity index (χ0v) is 27.0. The highest BCUT2D eigenvalue weighted by molar-refractivity contribution is 5.88. The first-order chi connectivity index (χ1) is 19.8. The third kappa shape index (κ3) is 15.3. The average molecular weight is 579 g/mol. The van der Waals surface area contributed by atoms with Crippen LogP contribution >= 0.6 is 0 Å². The molecule has 0 heterocycles. The number of ether oxygens (including phenoxy) is 3. The average Bonchev–Trinajstić information content (AvgIpc) is 2.99. The fraction of sp³-hybridized carbons (Fsp3) is 0.857. The molecular weight excluding hydrogens is 516 g/mol. The molecule has 1 rings (SSSR count). The van der Waals surface area contributed by atoms with Gasteiger partial charge in [0.2, 0.25) is 5.60 Å². The molecule has 0 spiro atoms. The Bertz CT molecular complexity index is 734. The highest BCUT2D eigenvalue weighted by Crippen LogP contribution is 2.37. The van der Waals surface area contributed by atoms with Crippen LogP contribution in [0.25, 0.3) is 0 Å². The van der Waals surface area contributed by atoms with Gasteiger partial charge in [-0.25, -0.2) is 9.59 Å². The number of hydrogen-bond donors (Lipinski definition) is 0. The van der Waals surface area contributed by atoms with Gasteiger partial charge >= 0.3 is 17.9 Å². The summed E-state index contributed by atoms with van der Waals surface area (Å²) in [5, 5.41) is 0. The molecule has 0 aromatic heterocycles. The third-order valence-corrected chi connectivity index (χ3v) is 8.95. The zero-order chi connectivity index (χ0) is 30.3. The van der Waals surface area contributed by atoms with Crippen LogP contribution in [0.1, 0.15) is 156 Å². The van der Waals surface area contributed by atoms with Crippen LogP contribution < -0.4 is 0 Å².